The van der Waals surface area contributed by atoms with Crippen LogP contribution in [0.1, 0.15) is 5.56 Å². The van der Waals surface area contributed by atoms with Crippen LogP contribution in [0.15, 0.2) is 66.7 Å². The monoisotopic (exact) mass is 318 g/mol. The normalized spacial score (nSPS) is 11.0. The molecule has 0 spiro atoms. The van der Waals surface area contributed by atoms with Gasteiger partial charge in [0.2, 0.25) is 0 Å². The number of hydrogen-bond donors (Lipinski definition) is 1. The molecule has 0 atom stereocenters. The second kappa shape index (κ2) is 5.56. The number of pyridine rings is 1. The van der Waals surface area contributed by atoms with Crippen molar-refractivity contribution in [3.63, 3.8) is 0 Å². The van der Waals surface area contributed by atoms with E-state index in [-0.39, 0.29) is 0 Å². The second-order valence-electron chi connectivity index (χ2n) is 5.66. The standard InChI is InChI=1S/C20H15ClN2/c1-13-6-11-19-17(12-13)20(16-4-2-3-5-18(16)23-19)22-15-9-7-14(21)8-10-15/h2-12H,1H3,(H,22,23). The third-order valence-corrected chi connectivity index (χ3v) is 4.20. The van der Waals surface area contributed by atoms with Crippen LogP contribution in [0.25, 0.3) is 21.8 Å². The van der Waals surface area contributed by atoms with Crippen LogP contribution in [0.3, 0.4) is 0 Å². The SMILES string of the molecule is Cc1ccc2nc3ccccc3c(Nc3ccc(Cl)cc3)c2c1. The number of fused-ring (bicyclic) bond motifs is 2. The highest BCUT2D eigenvalue weighted by Gasteiger charge is 2.09. The average molecular weight is 319 g/mol. The maximum atomic E-state index is 5.99. The largest absolute Gasteiger partial charge is 0.354 e. The molecule has 0 saturated carbocycles. The molecular weight excluding hydrogens is 304 g/mol. The van der Waals surface area contributed by atoms with E-state index in [1.54, 1.807) is 0 Å². The van der Waals surface area contributed by atoms with Gasteiger partial charge in [-0.15, -0.1) is 0 Å². The Morgan fingerprint density at radius 1 is 0.826 bits per heavy atom. The molecule has 0 radical (unpaired) electrons. The lowest BCUT2D eigenvalue weighted by atomic mass is 10.1. The van der Waals surface area contributed by atoms with Crippen molar-refractivity contribution in [2.75, 3.05) is 5.32 Å². The maximum absolute atomic E-state index is 5.99. The van der Waals surface area contributed by atoms with Crippen molar-refractivity contribution in [2.45, 2.75) is 6.92 Å². The molecular formula is C20H15ClN2. The fourth-order valence-corrected chi connectivity index (χ4v) is 2.94. The van der Waals surface area contributed by atoms with Crippen molar-refractivity contribution in [1.29, 1.82) is 0 Å². The van der Waals surface area contributed by atoms with Gasteiger partial charge in [-0.05, 0) is 49.4 Å². The zero-order valence-electron chi connectivity index (χ0n) is 12.7. The van der Waals surface area contributed by atoms with Gasteiger partial charge in [-0.25, -0.2) is 4.98 Å². The second-order valence-corrected chi connectivity index (χ2v) is 6.09. The fourth-order valence-electron chi connectivity index (χ4n) is 2.82. The predicted molar refractivity (Wildman–Crippen MR) is 98.7 cm³/mol. The Hall–Kier alpha value is -2.58. The number of nitrogens with one attached hydrogen (secondary N) is 1. The number of hydrogen-bond acceptors (Lipinski definition) is 2. The average Bonchev–Trinajstić information content (AvgIpc) is 2.57. The molecule has 0 saturated heterocycles. The molecule has 2 nitrogen and oxygen atoms in total. The summed E-state index contributed by atoms with van der Waals surface area (Å²) in [4.78, 5) is 4.77. The van der Waals surface area contributed by atoms with Gasteiger partial charge in [0.1, 0.15) is 0 Å². The lowest BCUT2D eigenvalue weighted by Gasteiger charge is -2.14. The van der Waals surface area contributed by atoms with Gasteiger partial charge in [-0.2, -0.15) is 0 Å². The molecule has 1 heterocycles. The lowest BCUT2D eigenvalue weighted by Crippen LogP contribution is -1.95. The first-order chi connectivity index (χ1) is 11.2. The Balaban J connectivity index is 1.99. The lowest BCUT2D eigenvalue weighted by molar-refractivity contribution is 1.44. The Morgan fingerprint density at radius 3 is 2.39 bits per heavy atom. The van der Waals surface area contributed by atoms with Crippen LogP contribution < -0.4 is 5.32 Å². The molecule has 0 aliphatic heterocycles. The number of para-hydroxylation sites is 1. The molecule has 112 valence electrons. The topological polar surface area (TPSA) is 24.9 Å². The van der Waals surface area contributed by atoms with Gasteiger partial charge in [0.15, 0.2) is 0 Å². The minimum absolute atomic E-state index is 0.732. The van der Waals surface area contributed by atoms with Crippen LogP contribution in [0, 0.1) is 6.92 Å². The highest BCUT2D eigenvalue weighted by Crippen LogP contribution is 2.33. The summed E-state index contributed by atoms with van der Waals surface area (Å²) in [5.74, 6) is 0. The van der Waals surface area contributed by atoms with Crippen molar-refractivity contribution in [3.8, 4) is 0 Å². The molecule has 23 heavy (non-hydrogen) atoms. The van der Waals surface area contributed by atoms with E-state index in [4.69, 9.17) is 16.6 Å². The number of aryl methyl sites for hydroxylation is 1. The van der Waals surface area contributed by atoms with Crippen LogP contribution in [-0.2, 0) is 0 Å². The Morgan fingerprint density at radius 2 is 1.57 bits per heavy atom. The molecule has 3 heteroatoms. The highest BCUT2D eigenvalue weighted by atomic mass is 35.5. The van der Waals surface area contributed by atoms with E-state index in [9.17, 15) is 0 Å². The van der Waals surface area contributed by atoms with Gasteiger partial charge in [-0.1, -0.05) is 41.4 Å². The van der Waals surface area contributed by atoms with E-state index in [0.717, 1.165) is 38.2 Å². The van der Waals surface area contributed by atoms with E-state index in [1.807, 2.05) is 42.5 Å². The van der Waals surface area contributed by atoms with Crippen LogP contribution in [0.5, 0.6) is 0 Å². The zero-order chi connectivity index (χ0) is 15.8. The first kappa shape index (κ1) is 14.0. The molecule has 0 aliphatic carbocycles. The third-order valence-electron chi connectivity index (χ3n) is 3.95. The molecule has 0 aliphatic rings. The smallest absolute Gasteiger partial charge is 0.0730 e. The third kappa shape index (κ3) is 2.62. The molecule has 4 aromatic rings. The number of anilines is 2. The highest BCUT2D eigenvalue weighted by molar-refractivity contribution is 6.30. The molecule has 0 amide bonds. The first-order valence-electron chi connectivity index (χ1n) is 7.52. The van der Waals surface area contributed by atoms with Crippen LogP contribution in [0.4, 0.5) is 11.4 Å². The van der Waals surface area contributed by atoms with Gasteiger partial charge < -0.3 is 5.32 Å². The summed E-state index contributed by atoms with van der Waals surface area (Å²) in [6.07, 6.45) is 0. The fraction of sp³-hybridized carbons (Fsp3) is 0.0500. The molecule has 1 aromatic heterocycles. The number of rotatable bonds is 2. The van der Waals surface area contributed by atoms with E-state index < -0.39 is 0 Å². The summed E-state index contributed by atoms with van der Waals surface area (Å²) in [6, 6.07) is 22.3. The molecule has 1 N–H and O–H groups in total. The molecule has 0 unspecified atom stereocenters. The van der Waals surface area contributed by atoms with Gasteiger partial charge >= 0.3 is 0 Å². The Kier molecular flexibility index (Phi) is 3.40. The van der Waals surface area contributed by atoms with Crippen molar-refractivity contribution in [1.82, 2.24) is 4.98 Å². The summed E-state index contributed by atoms with van der Waals surface area (Å²) in [7, 11) is 0. The summed E-state index contributed by atoms with van der Waals surface area (Å²) < 4.78 is 0. The van der Waals surface area contributed by atoms with E-state index >= 15 is 0 Å². The van der Waals surface area contributed by atoms with Gasteiger partial charge in [0.25, 0.3) is 0 Å². The van der Waals surface area contributed by atoms with E-state index in [1.165, 1.54) is 5.56 Å². The van der Waals surface area contributed by atoms with Gasteiger partial charge in [-0.3, -0.25) is 0 Å². The molecule has 4 rings (SSSR count). The van der Waals surface area contributed by atoms with Crippen molar-refractivity contribution < 1.29 is 0 Å². The van der Waals surface area contributed by atoms with Crippen molar-refractivity contribution in [2.24, 2.45) is 0 Å². The Labute approximate surface area is 139 Å². The van der Waals surface area contributed by atoms with Crippen molar-refractivity contribution in [3.05, 3.63) is 77.3 Å². The quantitative estimate of drug-likeness (QED) is 0.452. The molecule has 0 fully saturated rings. The molecule has 3 aromatic carbocycles. The van der Waals surface area contributed by atoms with Crippen LogP contribution in [0.2, 0.25) is 5.02 Å². The number of halogens is 1. The number of nitrogens with zero attached hydrogens (tertiary/aromatic N) is 1. The zero-order valence-corrected chi connectivity index (χ0v) is 13.4. The van der Waals surface area contributed by atoms with E-state index in [0.29, 0.717) is 0 Å². The molecule has 0 bridgehead atoms. The van der Waals surface area contributed by atoms with Crippen LogP contribution in [-0.4, -0.2) is 4.98 Å². The summed E-state index contributed by atoms with van der Waals surface area (Å²) in [6.45, 7) is 2.10. The van der Waals surface area contributed by atoms with Crippen molar-refractivity contribution >= 4 is 44.8 Å². The summed E-state index contributed by atoms with van der Waals surface area (Å²) in [5, 5.41) is 6.51. The number of aromatic nitrogens is 1. The first-order valence-corrected chi connectivity index (χ1v) is 7.90. The maximum Gasteiger partial charge on any atom is 0.0730 e. The number of benzene rings is 3. The van der Waals surface area contributed by atoms with E-state index in [2.05, 4.69) is 36.5 Å². The van der Waals surface area contributed by atoms with Gasteiger partial charge in [0, 0.05) is 21.5 Å². The minimum atomic E-state index is 0.732. The predicted octanol–water partition coefficient (Wildman–Crippen LogP) is 6.09. The summed E-state index contributed by atoms with van der Waals surface area (Å²) >= 11 is 5.99. The Bertz CT molecular complexity index is 1010. The van der Waals surface area contributed by atoms with Crippen LogP contribution >= 0.6 is 11.6 Å². The minimum Gasteiger partial charge on any atom is -0.354 e. The summed E-state index contributed by atoms with van der Waals surface area (Å²) in [5.41, 5.74) is 5.28. The van der Waals surface area contributed by atoms with Gasteiger partial charge in [0.05, 0.1) is 16.7 Å².